The van der Waals surface area contributed by atoms with Crippen LogP contribution >= 0.6 is 0 Å². The largest absolute Gasteiger partial charge is 0.382 e. The topological polar surface area (TPSA) is 104 Å². The second-order valence-corrected chi connectivity index (χ2v) is 3.67. The summed E-state index contributed by atoms with van der Waals surface area (Å²) in [5, 5.41) is 16.3. The fourth-order valence-corrected chi connectivity index (χ4v) is 1.72. The number of nitrogens with one attached hydrogen (secondary N) is 1. The maximum atomic E-state index is 9.89. The van der Waals surface area contributed by atoms with Crippen molar-refractivity contribution in [3.63, 3.8) is 0 Å². The molecule has 0 spiro atoms. The Balaban J connectivity index is 2.05. The van der Waals surface area contributed by atoms with Gasteiger partial charge in [0.15, 0.2) is 0 Å². The Labute approximate surface area is 81.9 Å². The lowest BCUT2D eigenvalue weighted by Crippen LogP contribution is -2.30. The molecule has 0 bridgehead atoms. The zero-order chi connectivity index (χ0) is 10.1. The van der Waals surface area contributed by atoms with Crippen molar-refractivity contribution < 1.29 is 5.11 Å². The molecule has 0 aromatic carbocycles. The van der Waals surface area contributed by atoms with E-state index in [0.29, 0.717) is 18.1 Å². The number of rotatable bonds is 2. The summed E-state index contributed by atoms with van der Waals surface area (Å²) in [6.07, 6.45) is 0.245. The minimum Gasteiger partial charge on any atom is -0.382 e. The van der Waals surface area contributed by atoms with Gasteiger partial charge in [0.1, 0.15) is 12.0 Å². The molecule has 1 fully saturated rings. The van der Waals surface area contributed by atoms with Crippen LogP contribution in [0.1, 0.15) is 18.3 Å². The van der Waals surface area contributed by atoms with Gasteiger partial charge in [0.05, 0.1) is 5.69 Å². The summed E-state index contributed by atoms with van der Waals surface area (Å²) >= 11 is 0. The minimum absolute atomic E-state index is 0.157. The van der Waals surface area contributed by atoms with E-state index in [1.807, 2.05) is 4.90 Å². The highest BCUT2D eigenvalue weighted by Gasteiger charge is 2.26. The predicted molar refractivity (Wildman–Crippen MR) is 52.1 cm³/mol. The molecule has 6 N–H and O–H groups in total. The molecule has 78 valence electrons. The normalized spacial score (nSPS) is 25.4. The van der Waals surface area contributed by atoms with Gasteiger partial charge in [-0.25, -0.2) is 0 Å². The fraction of sp³-hybridized carbons (Fsp3) is 0.625. The molecule has 0 amide bonds. The molecule has 2 unspecified atom stereocenters. The maximum absolute atomic E-state index is 9.89. The third-order valence-corrected chi connectivity index (χ3v) is 2.50. The molecule has 1 aromatic rings. The van der Waals surface area contributed by atoms with Gasteiger partial charge in [-0.1, -0.05) is 0 Å². The number of nitrogens with two attached hydrogens (primary N) is 2. The Kier molecular flexibility index (Phi) is 2.40. The van der Waals surface area contributed by atoms with E-state index in [1.54, 1.807) is 6.07 Å². The molecule has 2 atom stereocenters. The molecule has 0 aliphatic carbocycles. The molecule has 1 saturated heterocycles. The Morgan fingerprint density at radius 1 is 1.71 bits per heavy atom. The van der Waals surface area contributed by atoms with Gasteiger partial charge in [-0.3, -0.25) is 10.00 Å². The molecule has 6 nitrogen and oxygen atoms in total. The Bertz CT molecular complexity index is 312. The number of aromatic nitrogens is 2. The van der Waals surface area contributed by atoms with Crippen molar-refractivity contribution in [3.8, 4) is 0 Å². The summed E-state index contributed by atoms with van der Waals surface area (Å²) in [6.45, 7) is 1.52. The molecule has 0 radical (unpaired) electrons. The Morgan fingerprint density at radius 2 is 2.50 bits per heavy atom. The van der Waals surface area contributed by atoms with Gasteiger partial charge < -0.3 is 16.6 Å². The Morgan fingerprint density at radius 3 is 3.00 bits per heavy atom. The standard InChI is InChI=1S/C8H15N5O/c9-5-1-2-13(4-5)8(14)6-3-7(10)12-11-6/h3,5,8,14H,1-2,4,9H2,(H3,10,11,12). The van der Waals surface area contributed by atoms with Gasteiger partial charge in [0, 0.05) is 25.2 Å². The SMILES string of the molecule is Nc1cc(C(O)N2CCC(N)C2)[nH]n1. The quantitative estimate of drug-likeness (QED) is 0.487. The lowest BCUT2D eigenvalue weighted by atomic mass is 10.3. The van der Waals surface area contributed by atoms with Crippen molar-refractivity contribution in [3.05, 3.63) is 11.8 Å². The highest BCUT2D eigenvalue weighted by molar-refractivity contribution is 5.29. The second kappa shape index (κ2) is 3.56. The highest BCUT2D eigenvalue weighted by atomic mass is 16.3. The van der Waals surface area contributed by atoms with Crippen molar-refractivity contribution in [2.75, 3.05) is 18.8 Å². The summed E-state index contributed by atoms with van der Waals surface area (Å²) < 4.78 is 0. The predicted octanol–water partition coefficient (Wildman–Crippen LogP) is -0.984. The lowest BCUT2D eigenvalue weighted by Gasteiger charge is -2.20. The molecule has 0 saturated carbocycles. The summed E-state index contributed by atoms with van der Waals surface area (Å²) in [7, 11) is 0. The number of hydrogen-bond acceptors (Lipinski definition) is 5. The van der Waals surface area contributed by atoms with E-state index in [-0.39, 0.29) is 6.04 Å². The highest BCUT2D eigenvalue weighted by Crippen LogP contribution is 2.21. The molecule has 2 heterocycles. The zero-order valence-corrected chi connectivity index (χ0v) is 7.85. The molecule has 6 heteroatoms. The average molecular weight is 197 g/mol. The third kappa shape index (κ3) is 1.72. The lowest BCUT2D eigenvalue weighted by molar-refractivity contribution is 0.0147. The number of nitrogen functional groups attached to an aromatic ring is 1. The summed E-state index contributed by atoms with van der Waals surface area (Å²) in [4.78, 5) is 1.90. The first-order valence-electron chi connectivity index (χ1n) is 4.65. The number of aliphatic hydroxyl groups is 1. The van der Waals surface area contributed by atoms with Gasteiger partial charge in [0.25, 0.3) is 0 Å². The Hall–Kier alpha value is -1.11. The summed E-state index contributed by atoms with van der Waals surface area (Å²) in [6, 6.07) is 1.79. The number of H-pyrrole nitrogens is 1. The molecular weight excluding hydrogens is 182 g/mol. The second-order valence-electron chi connectivity index (χ2n) is 3.67. The molecule has 14 heavy (non-hydrogen) atoms. The van der Waals surface area contributed by atoms with E-state index >= 15 is 0 Å². The monoisotopic (exact) mass is 197 g/mol. The van der Waals surface area contributed by atoms with Crippen molar-refractivity contribution in [2.45, 2.75) is 18.7 Å². The summed E-state index contributed by atoms with van der Waals surface area (Å²) in [5.41, 5.74) is 11.8. The maximum Gasteiger partial charge on any atom is 0.150 e. The fourth-order valence-electron chi connectivity index (χ4n) is 1.72. The van der Waals surface area contributed by atoms with Crippen molar-refractivity contribution >= 4 is 5.82 Å². The van der Waals surface area contributed by atoms with Crippen LogP contribution in [0.15, 0.2) is 6.07 Å². The van der Waals surface area contributed by atoms with E-state index in [0.717, 1.165) is 13.0 Å². The van der Waals surface area contributed by atoms with Crippen molar-refractivity contribution in [2.24, 2.45) is 5.73 Å². The van der Waals surface area contributed by atoms with E-state index in [2.05, 4.69) is 10.2 Å². The van der Waals surface area contributed by atoms with Crippen LogP contribution in [-0.2, 0) is 0 Å². The first-order valence-corrected chi connectivity index (χ1v) is 4.65. The molecule has 1 aliphatic rings. The first kappa shape index (κ1) is 9.45. The number of hydrogen-bond donors (Lipinski definition) is 4. The molecule has 1 aliphatic heterocycles. The van der Waals surface area contributed by atoms with Crippen LogP contribution in [0.25, 0.3) is 0 Å². The van der Waals surface area contributed by atoms with E-state index in [4.69, 9.17) is 11.5 Å². The first-order chi connectivity index (χ1) is 6.66. The van der Waals surface area contributed by atoms with E-state index in [9.17, 15) is 5.11 Å². The average Bonchev–Trinajstić information content (AvgIpc) is 2.73. The molecule has 2 rings (SSSR count). The number of likely N-dealkylation sites (tertiary alicyclic amines) is 1. The van der Waals surface area contributed by atoms with Crippen molar-refractivity contribution in [1.29, 1.82) is 0 Å². The smallest absolute Gasteiger partial charge is 0.150 e. The summed E-state index contributed by atoms with van der Waals surface area (Å²) in [5.74, 6) is 0.391. The van der Waals surface area contributed by atoms with Gasteiger partial charge in [-0.2, -0.15) is 5.10 Å². The van der Waals surface area contributed by atoms with Crippen LogP contribution in [0.4, 0.5) is 5.82 Å². The van der Waals surface area contributed by atoms with Gasteiger partial charge in [0.2, 0.25) is 0 Å². The van der Waals surface area contributed by atoms with E-state index < -0.39 is 6.23 Å². The minimum atomic E-state index is -0.673. The van der Waals surface area contributed by atoms with Crippen molar-refractivity contribution in [1.82, 2.24) is 15.1 Å². The van der Waals surface area contributed by atoms with Crippen LogP contribution in [0.2, 0.25) is 0 Å². The van der Waals surface area contributed by atoms with Gasteiger partial charge >= 0.3 is 0 Å². The number of aliphatic hydroxyl groups excluding tert-OH is 1. The van der Waals surface area contributed by atoms with Gasteiger partial charge in [-0.15, -0.1) is 0 Å². The number of nitrogens with zero attached hydrogens (tertiary/aromatic N) is 2. The third-order valence-electron chi connectivity index (χ3n) is 2.50. The van der Waals surface area contributed by atoms with Crippen LogP contribution in [-0.4, -0.2) is 39.3 Å². The van der Waals surface area contributed by atoms with Crippen LogP contribution in [0, 0.1) is 0 Å². The van der Waals surface area contributed by atoms with Gasteiger partial charge in [-0.05, 0) is 6.42 Å². The molecule has 1 aromatic heterocycles. The molecular formula is C8H15N5O. The van der Waals surface area contributed by atoms with Crippen LogP contribution in [0.5, 0.6) is 0 Å². The van der Waals surface area contributed by atoms with E-state index in [1.165, 1.54) is 0 Å². The van der Waals surface area contributed by atoms with Crippen LogP contribution < -0.4 is 11.5 Å². The van der Waals surface area contributed by atoms with Crippen LogP contribution in [0.3, 0.4) is 0 Å². The zero-order valence-electron chi connectivity index (χ0n) is 7.85. The number of aromatic amines is 1. The number of anilines is 1.